The molecule has 0 spiro atoms. The molecule has 0 aromatic carbocycles. The van der Waals surface area contributed by atoms with Gasteiger partial charge in [0.1, 0.15) is 0 Å². The monoisotopic (exact) mass is 738 g/mol. The first-order valence-electron chi connectivity index (χ1n) is 3.06. The van der Waals surface area contributed by atoms with Crippen LogP contribution in [-0.4, -0.2) is 121 Å². The molecular weight excluding hydrogens is 738 g/mol. The molecule has 24 heteroatoms. The van der Waals surface area contributed by atoms with E-state index in [-0.39, 0.29) is 147 Å². The molecule has 0 aromatic heterocycles. The molecule has 120 valence electrons. The SMILES string of the molecule is O=[Si]([O-])[O-].O=[Si]([O-])[O-].O=[Si]([O-])[O-].O=[Si]([O-])[O-].O=[Si]([O-])[O-].[Ca+2].[Ca+2].[La+3].[La+3]. The molecule has 0 aromatic rings. The smallest absolute Gasteiger partial charge is 0.672 e. The van der Waals surface area contributed by atoms with Crippen LogP contribution in [0, 0.1) is 71.2 Å². The van der Waals surface area contributed by atoms with Crippen molar-refractivity contribution >= 4 is 121 Å². The van der Waals surface area contributed by atoms with E-state index in [1.165, 1.54) is 0 Å². The fourth-order valence-electron chi connectivity index (χ4n) is 0. The number of hydrogen-bond donors (Lipinski definition) is 0. The van der Waals surface area contributed by atoms with E-state index in [4.69, 9.17) is 70.3 Å². The van der Waals surface area contributed by atoms with Gasteiger partial charge in [0, 0.05) is 45.9 Å². The van der Waals surface area contributed by atoms with Gasteiger partial charge in [-0.25, -0.2) is 0 Å². The van der Waals surface area contributed by atoms with E-state index in [2.05, 4.69) is 0 Å². The van der Waals surface area contributed by atoms with Gasteiger partial charge in [-0.05, 0) is 0 Å². The molecule has 0 aliphatic heterocycles. The Kier molecular flexibility index (Phi) is 118. The van der Waals surface area contributed by atoms with E-state index in [1.807, 2.05) is 0 Å². The average Bonchev–Trinajstić information content (AvgIpc) is 1.94. The summed E-state index contributed by atoms with van der Waals surface area (Å²) < 4.78 is 42.6. The third-order valence-corrected chi connectivity index (χ3v) is 0. The van der Waals surface area contributed by atoms with Crippen LogP contribution in [-0.2, 0) is 22.3 Å². The number of rotatable bonds is 0. The van der Waals surface area contributed by atoms with Crippen LogP contribution >= 0.6 is 0 Å². The van der Waals surface area contributed by atoms with Crippen LogP contribution in [0.3, 0.4) is 0 Å². The molecule has 15 nitrogen and oxygen atoms in total. The van der Waals surface area contributed by atoms with Crippen LogP contribution in [0.15, 0.2) is 0 Å². The summed E-state index contributed by atoms with van der Waals surface area (Å²) in [6.45, 7) is 0. The molecule has 0 amide bonds. The standard InChI is InChI=1S/2Ca.2La.5O3Si/c;;;;5*1-4(2)3/q2*+2;2*+3;5*-2. The van der Waals surface area contributed by atoms with Gasteiger partial charge in [-0.15, -0.1) is 0 Å². The fourth-order valence-corrected chi connectivity index (χ4v) is 0. The van der Waals surface area contributed by atoms with Crippen molar-refractivity contribution in [1.82, 2.24) is 0 Å². The van der Waals surface area contributed by atoms with E-state index in [9.17, 15) is 0 Å². The van der Waals surface area contributed by atoms with Gasteiger partial charge in [-0.2, -0.15) is 0 Å². The fraction of sp³-hybridized carbons (Fsp3) is 0. The van der Waals surface area contributed by atoms with Gasteiger partial charge in [0.15, 0.2) is 0 Å². The molecule has 0 aliphatic carbocycles. The van der Waals surface area contributed by atoms with Gasteiger partial charge < -0.3 is 70.3 Å². The van der Waals surface area contributed by atoms with Crippen molar-refractivity contribution in [2.24, 2.45) is 0 Å². The normalized spacial score (nSPS) is 5.00. The summed E-state index contributed by atoms with van der Waals surface area (Å²) in [4.78, 5) is 85.2. The Labute approximate surface area is 257 Å². The van der Waals surface area contributed by atoms with Crippen molar-refractivity contribution in [1.29, 1.82) is 0 Å². The number of hydrogen-bond acceptors (Lipinski definition) is 15. The van der Waals surface area contributed by atoms with Crippen LogP contribution in [0.4, 0.5) is 0 Å². The van der Waals surface area contributed by atoms with Gasteiger partial charge in [0.05, 0.1) is 0 Å². The van der Waals surface area contributed by atoms with Gasteiger partial charge in [0.2, 0.25) is 0 Å². The minimum atomic E-state index is -3.63. The first-order chi connectivity index (χ1) is 8.66. The minimum Gasteiger partial charge on any atom is -0.672 e. The molecule has 24 heavy (non-hydrogen) atoms. The maximum atomic E-state index is 8.52. The summed E-state index contributed by atoms with van der Waals surface area (Å²) in [5.74, 6) is 0. The zero-order valence-corrected chi connectivity index (χ0v) is 27.9. The second-order valence-corrected chi connectivity index (χ2v) is 3.75. The van der Waals surface area contributed by atoms with Crippen LogP contribution in [0.1, 0.15) is 0 Å². The van der Waals surface area contributed by atoms with Gasteiger partial charge in [-0.1, -0.05) is 0 Å². The Morgan fingerprint density at radius 3 is 0.333 bits per heavy atom. The quantitative estimate of drug-likeness (QED) is 0.208. The first kappa shape index (κ1) is 56.3. The molecular formula is Ca2La2O15Si5. The summed E-state index contributed by atoms with van der Waals surface area (Å²) in [7, 11) is -18.1. The maximum Gasteiger partial charge on any atom is 3.00 e. The molecule has 0 saturated carbocycles. The second-order valence-electron chi connectivity index (χ2n) is 1.25. The van der Waals surface area contributed by atoms with Gasteiger partial charge >= 0.3 is 147 Å². The average molecular weight is 738 g/mol. The molecule has 0 unspecified atom stereocenters. The summed E-state index contributed by atoms with van der Waals surface area (Å²) in [5, 5.41) is 0. The first-order valence-corrected chi connectivity index (χ1v) is 9.19. The molecule has 0 atom stereocenters. The van der Waals surface area contributed by atoms with Crippen LogP contribution in [0.2, 0.25) is 0 Å². The van der Waals surface area contributed by atoms with Gasteiger partial charge in [-0.3, -0.25) is 0 Å². The molecule has 0 bridgehead atoms. The van der Waals surface area contributed by atoms with Gasteiger partial charge in [0.25, 0.3) is 0 Å². The molecule has 0 aliphatic rings. The molecule has 0 radical (unpaired) electrons. The molecule has 0 rings (SSSR count). The van der Waals surface area contributed by atoms with Crippen molar-refractivity contribution < 1.29 is 141 Å². The van der Waals surface area contributed by atoms with Crippen LogP contribution in [0.25, 0.3) is 0 Å². The Morgan fingerprint density at radius 1 is 0.333 bits per heavy atom. The molecule has 0 fully saturated rings. The van der Waals surface area contributed by atoms with E-state index < -0.39 is 45.9 Å². The molecule has 0 N–H and O–H groups in total. The third-order valence-electron chi connectivity index (χ3n) is 0. The van der Waals surface area contributed by atoms with E-state index >= 15 is 0 Å². The zero-order chi connectivity index (χ0) is 17.9. The topological polar surface area (TPSA) is 316 Å². The zero-order valence-electron chi connectivity index (χ0n) is 11.2. The predicted molar refractivity (Wildman–Crippen MR) is 43.7 cm³/mol. The van der Waals surface area contributed by atoms with Crippen molar-refractivity contribution in [3.8, 4) is 0 Å². The van der Waals surface area contributed by atoms with E-state index in [0.29, 0.717) is 0 Å². The minimum absolute atomic E-state index is 0. The second kappa shape index (κ2) is 50.2. The maximum absolute atomic E-state index is 8.52. The molecule has 0 saturated heterocycles. The molecule has 0 heterocycles. The summed E-state index contributed by atoms with van der Waals surface area (Å²) >= 11 is 0. The van der Waals surface area contributed by atoms with E-state index in [0.717, 1.165) is 0 Å². The van der Waals surface area contributed by atoms with E-state index in [1.54, 1.807) is 0 Å². The predicted octanol–water partition coefficient (Wildman–Crippen LogP) is -15.1. The summed E-state index contributed by atoms with van der Waals surface area (Å²) in [6, 6.07) is 0. The Morgan fingerprint density at radius 2 is 0.333 bits per heavy atom. The largest absolute Gasteiger partial charge is 3.00 e. The summed E-state index contributed by atoms with van der Waals surface area (Å²) in [5.41, 5.74) is 0. The van der Waals surface area contributed by atoms with Crippen molar-refractivity contribution in [2.75, 3.05) is 0 Å². The summed E-state index contributed by atoms with van der Waals surface area (Å²) in [6.07, 6.45) is 0. The Bertz CT molecular complexity index is 221. The van der Waals surface area contributed by atoms with Crippen molar-refractivity contribution in [3.05, 3.63) is 0 Å². The van der Waals surface area contributed by atoms with Crippen LogP contribution < -0.4 is 48.0 Å². The van der Waals surface area contributed by atoms with Crippen LogP contribution in [0.5, 0.6) is 0 Å². The third kappa shape index (κ3) is 1610. The van der Waals surface area contributed by atoms with Crippen molar-refractivity contribution in [2.45, 2.75) is 0 Å². The van der Waals surface area contributed by atoms with Crippen molar-refractivity contribution in [3.63, 3.8) is 0 Å². The Balaban J connectivity index is -0.0000000161. The Hall–Kier alpha value is 2.99.